The van der Waals surface area contributed by atoms with Crippen LogP contribution in [0.1, 0.15) is 34.6 Å². The largest absolute Gasteiger partial charge is 0.383 e. The number of methoxy groups -OCH3 is 1. The van der Waals surface area contributed by atoms with Crippen LogP contribution in [0.5, 0.6) is 0 Å². The smallest absolute Gasteiger partial charge is 0.0589 e. The maximum atomic E-state index is 5.99. The van der Waals surface area contributed by atoms with Crippen LogP contribution < -0.4 is 5.73 Å². The normalized spacial score (nSPS) is 15.0. The van der Waals surface area contributed by atoms with E-state index in [9.17, 15) is 0 Å². The molecule has 0 amide bonds. The molecule has 0 spiro atoms. The number of hydrogen-bond acceptors (Lipinski definition) is 3. The molecule has 3 heteroatoms. The fourth-order valence-corrected chi connectivity index (χ4v) is 1.40. The summed E-state index contributed by atoms with van der Waals surface area (Å²) in [5.41, 5.74) is 6.14. The first kappa shape index (κ1) is 14.9. The van der Waals surface area contributed by atoms with Gasteiger partial charge in [0.25, 0.3) is 0 Å². The number of nitrogens with two attached hydrogens (primary N) is 1. The van der Waals surface area contributed by atoms with Crippen molar-refractivity contribution in [1.29, 1.82) is 0 Å². The van der Waals surface area contributed by atoms with E-state index >= 15 is 0 Å². The van der Waals surface area contributed by atoms with Crippen molar-refractivity contribution in [3.05, 3.63) is 0 Å². The minimum absolute atomic E-state index is 0.151. The lowest BCUT2D eigenvalue weighted by atomic mass is 9.85. The summed E-state index contributed by atoms with van der Waals surface area (Å²) in [5, 5.41) is 0. The second-order valence-corrected chi connectivity index (χ2v) is 5.33. The molecule has 0 bridgehead atoms. The zero-order valence-electron chi connectivity index (χ0n) is 11.2. The Morgan fingerprint density at radius 1 is 1.27 bits per heavy atom. The van der Waals surface area contributed by atoms with Crippen LogP contribution in [-0.4, -0.2) is 43.8 Å². The minimum Gasteiger partial charge on any atom is -0.383 e. The van der Waals surface area contributed by atoms with Gasteiger partial charge >= 0.3 is 0 Å². The van der Waals surface area contributed by atoms with Crippen molar-refractivity contribution in [1.82, 2.24) is 4.90 Å². The van der Waals surface area contributed by atoms with Gasteiger partial charge in [0.15, 0.2) is 0 Å². The Labute approximate surface area is 95.0 Å². The van der Waals surface area contributed by atoms with Gasteiger partial charge in [-0.3, -0.25) is 4.90 Å². The van der Waals surface area contributed by atoms with Crippen LogP contribution in [0.2, 0.25) is 0 Å². The van der Waals surface area contributed by atoms with Gasteiger partial charge in [0.2, 0.25) is 0 Å². The molecule has 0 aliphatic rings. The highest BCUT2D eigenvalue weighted by Gasteiger charge is 2.26. The minimum atomic E-state index is 0.151. The maximum absolute atomic E-state index is 5.99. The Bertz CT molecular complexity index is 167. The Morgan fingerprint density at radius 2 is 1.80 bits per heavy atom. The third kappa shape index (κ3) is 5.50. The van der Waals surface area contributed by atoms with Crippen molar-refractivity contribution in [2.45, 2.75) is 46.7 Å². The van der Waals surface area contributed by atoms with E-state index < -0.39 is 0 Å². The Kier molecular flexibility index (Phi) is 6.41. The van der Waals surface area contributed by atoms with E-state index in [1.54, 1.807) is 7.11 Å². The summed E-state index contributed by atoms with van der Waals surface area (Å²) in [6.45, 7) is 13.7. The molecule has 0 aromatic carbocycles. The summed E-state index contributed by atoms with van der Waals surface area (Å²) >= 11 is 0. The van der Waals surface area contributed by atoms with Gasteiger partial charge in [0.1, 0.15) is 0 Å². The van der Waals surface area contributed by atoms with E-state index in [1.165, 1.54) is 0 Å². The topological polar surface area (TPSA) is 38.5 Å². The van der Waals surface area contributed by atoms with Crippen molar-refractivity contribution in [2.75, 3.05) is 26.8 Å². The average Bonchev–Trinajstić information content (AvgIpc) is 2.11. The van der Waals surface area contributed by atoms with Crippen molar-refractivity contribution in [3.63, 3.8) is 0 Å². The molecule has 0 radical (unpaired) electrons. The van der Waals surface area contributed by atoms with Gasteiger partial charge in [-0.1, -0.05) is 13.8 Å². The molecular weight excluding hydrogens is 188 g/mol. The second kappa shape index (κ2) is 6.46. The summed E-state index contributed by atoms with van der Waals surface area (Å²) in [4.78, 5) is 2.42. The predicted molar refractivity (Wildman–Crippen MR) is 66.0 cm³/mol. The van der Waals surface area contributed by atoms with Gasteiger partial charge in [-0.15, -0.1) is 0 Å². The molecule has 0 aromatic heterocycles. The quantitative estimate of drug-likeness (QED) is 0.704. The highest BCUT2D eigenvalue weighted by atomic mass is 16.5. The fourth-order valence-electron chi connectivity index (χ4n) is 1.40. The molecule has 0 aliphatic carbocycles. The lowest BCUT2D eigenvalue weighted by Crippen LogP contribution is -2.47. The van der Waals surface area contributed by atoms with Crippen LogP contribution in [-0.2, 0) is 4.74 Å². The van der Waals surface area contributed by atoms with Gasteiger partial charge in [0, 0.05) is 32.3 Å². The molecule has 0 saturated heterocycles. The molecule has 1 atom stereocenters. The van der Waals surface area contributed by atoms with E-state index in [0.717, 1.165) is 19.7 Å². The van der Waals surface area contributed by atoms with Crippen molar-refractivity contribution in [3.8, 4) is 0 Å². The van der Waals surface area contributed by atoms with Gasteiger partial charge in [0.05, 0.1) is 6.61 Å². The van der Waals surface area contributed by atoms with Gasteiger partial charge < -0.3 is 10.5 Å². The molecule has 15 heavy (non-hydrogen) atoms. The predicted octanol–water partition coefficient (Wildman–Crippen LogP) is 1.72. The first-order valence-electron chi connectivity index (χ1n) is 5.80. The third-order valence-corrected chi connectivity index (χ3v) is 3.16. The molecule has 0 saturated carbocycles. The number of nitrogens with zero attached hydrogens (tertiary/aromatic N) is 1. The van der Waals surface area contributed by atoms with E-state index in [1.807, 2.05) is 0 Å². The lowest BCUT2D eigenvalue weighted by Gasteiger charge is -2.37. The van der Waals surface area contributed by atoms with Crippen molar-refractivity contribution < 1.29 is 4.74 Å². The summed E-state index contributed by atoms with van der Waals surface area (Å²) < 4.78 is 5.12. The van der Waals surface area contributed by atoms with Crippen molar-refractivity contribution in [2.24, 2.45) is 11.1 Å². The first-order valence-corrected chi connectivity index (χ1v) is 5.80. The van der Waals surface area contributed by atoms with Crippen LogP contribution in [0.15, 0.2) is 0 Å². The number of hydrogen-bond donors (Lipinski definition) is 1. The molecule has 0 aromatic rings. The Balaban J connectivity index is 4.27. The van der Waals surface area contributed by atoms with Crippen LogP contribution >= 0.6 is 0 Å². The molecule has 3 nitrogen and oxygen atoms in total. The van der Waals surface area contributed by atoms with E-state index in [2.05, 4.69) is 39.5 Å². The van der Waals surface area contributed by atoms with Gasteiger partial charge in [-0.2, -0.15) is 0 Å². The Morgan fingerprint density at radius 3 is 2.13 bits per heavy atom. The molecule has 0 aliphatic heterocycles. The number of rotatable bonds is 7. The van der Waals surface area contributed by atoms with Crippen LogP contribution in [0.25, 0.3) is 0 Å². The van der Waals surface area contributed by atoms with E-state index in [0.29, 0.717) is 6.04 Å². The molecule has 0 heterocycles. The first-order chi connectivity index (χ1) is 6.81. The highest BCUT2D eigenvalue weighted by molar-refractivity contribution is 4.82. The molecular formula is C12H28N2O. The van der Waals surface area contributed by atoms with Crippen molar-refractivity contribution >= 4 is 0 Å². The number of ether oxygens (including phenoxy) is 1. The highest BCUT2D eigenvalue weighted by Crippen LogP contribution is 2.21. The molecule has 92 valence electrons. The lowest BCUT2D eigenvalue weighted by molar-refractivity contribution is 0.0887. The Hall–Kier alpha value is -0.120. The van der Waals surface area contributed by atoms with E-state index in [-0.39, 0.29) is 11.5 Å². The van der Waals surface area contributed by atoms with Gasteiger partial charge in [-0.05, 0) is 26.2 Å². The zero-order chi connectivity index (χ0) is 12.1. The summed E-state index contributed by atoms with van der Waals surface area (Å²) in [7, 11) is 1.75. The SMILES string of the molecule is COCCN(CC(C)(C)C(C)N)C(C)C. The average molecular weight is 216 g/mol. The fraction of sp³-hybridized carbons (Fsp3) is 1.00. The third-order valence-electron chi connectivity index (χ3n) is 3.16. The maximum Gasteiger partial charge on any atom is 0.0589 e. The van der Waals surface area contributed by atoms with Gasteiger partial charge in [-0.25, -0.2) is 0 Å². The molecule has 0 rings (SSSR count). The van der Waals surface area contributed by atoms with Crippen LogP contribution in [0.4, 0.5) is 0 Å². The summed E-state index contributed by atoms with van der Waals surface area (Å²) in [6, 6.07) is 0.750. The summed E-state index contributed by atoms with van der Waals surface area (Å²) in [5.74, 6) is 0. The van der Waals surface area contributed by atoms with Crippen LogP contribution in [0, 0.1) is 5.41 Å². The zero-order valence-corrected chi connectivity index (χ0v) is 11.2. The molecule has 1 unspecified atom stereocenters. The van der Waals surface area contributed by atoms with Crippen LogP contribution in [0.3, 0.4) is 0 Å². The standard InChI is InChI=1S/C12H28N2O/c1-10(2)14(7-8-15-6)9-12(4,5)11(3)13/h10-11H,7-9,13H2,1-6H3. The summed E-state index contributed by atoms with van der Waals surface area (Å²) in [6.07, 6.45) is 0. The second-order valence-electron chi connectivity index (χ2n) is 5.33. The van der Waals surface area contributed by atoms with E-state index in [4.69, 9.17) is 10.5 Å². The molecule has 2 N–H and O–H groups in total. The monoisotopic (exact) mass is 216 g/mol. The molecule has 0 fully saturated rings.